The van der Waals surface area contributed by atoms with Gasteiger partial charge in [-0.05, 0) is 59.7 Å². The molecule has 0 saturated carbocycles. The Bertz CT molecular complexity index is 1210. The van der Waals surface area contributed by atoms with Gasteiger partial charge in [0.05, 0.1) is 12.0 Å². The average molecular weight is 491 g/mol. The standard InChI is InChI=1S/C23H20Cl2N2O4S/c1-31-19-7-9-20(10-8-19)32(29,30)22(17-3-2-12-26-14-17)15-27-23(28)11-5-16-4-6-18(24)13-21(16)25/h2-14,22H,15H2,1H3,(H,27,28)/b11-5+. The fraction of sp³-hybridized carbons (Fsp3) is 0.130. The highest BCUT2D eigenvalue weighted by Gasteiger charge is 2.29. The quantitative estimate of drug-likeness (QED) is 0.460. The molecule has 1 N–H and O–H groups in total. The van der Waals surface area contributed by atoms with Gasteiger partial charge < -0.3 is 10.1 Å². The second-order valence-electron chi connectivity index (χ2n) is 6.74. The molecule has 0 bridgehead atoms. The lowest BCUT2D eigenvalue weighted by atomic mass is 10.2. The number of hydrogen-bond donors (Lipinski definition) is 1. The highest BCUT2D eigenvalue weighted by molar-refractivity contribution is 7.91. The van der Waals surface area contributed by atoms with Crippen LogP contribution in [0.25, 0.3) is 6.08 Å². The number of halogens is 2. The Morgan fingerprint density at radius 2 is 1.91 bits per heavy atom. The number of carbonyl (C=O) groups is 1. The molecule has 1 unspecified atom stereocenters. The minimum atomic E-state index is -3.82. The third-order valence-electron chi connectivity index (χ3n) is 4.66. The number of ether oxygens (including phenoxy) is 1. The molecule has 2 aromatic carbocycles. The highest BCUT2D eigenvalue weighted by Crippen LogP contribution is 2.29. The van der Waals surface area contributed by atoms with E-state index in [0.29, 0.717) is 26.9 Å². The van der Waals surface area contributed by atoms with E-state index in [-0.39, 0.29) is 11.4 Å². The second kappa shape index (κ2) is 10.6. The average Bonchev–Trinajstić information content (AvgIpc) is 2.79. The number of rotatable bonds is 8. The molecule has 1 amide bonds. The molecule has 3 aromatic rings. The SMILES string of the molecule is COc1ccc(S(=O)(=O)C(CNC(=O)/C=C/c2ccc(Cl)cc2Cl)c2cccnc2)cc1. The molecule has 0 aliphatic rings. The molecular formula is C23H20Cl2N2O4S. The van der Waals surface area contributed by atoms with E-state index in [4.69, 9.17) is 27.9 Å². The summed E-state index contributed by atoms with van der Waals surface area (Å²) in [5.74, 6) is 0.0796. The maximum Gasteiger partial charge on any atom is 0.244 e. The van der Waals surface area contributed by atoms with Crippen LogP contribution in [0.15, 0.2) is 78.0 Å². The van der Waals surface area contributed by atoms with Gasteiger partial charge in [0.25, 0.3) is 0 Å². The number of methoxy groups -OCH3 is 1. The zero-order chi connectivity index (χ0) is 23.1. The van der Waals surface area contributed by atoms with Crippen LogP contribution in [0.2, 0.25) is 10.0 Å². The summed E-state index contributed by atoms with van der Waals surface area (Å²) in [5.41, 5.74) is 1.08. The monoisotopic (exact) mass is 490 g/mol. The van der Waals surface area contributed by atoms with E-state index in [2.05, 4.69) is 10.3 Å². The van der Waals surface area contributed by atoms with Crippen LogP contribution >= 0.6 is 23.2 Å². The number of amides is 1. The molecule has 0 aliphatic carbocycles. The fourth-order valence-electron chi connectivity index (χ4n) is 2.96. The van der Waals surface area contributed by atoms with E-state index in [0.717, 1.165) is 0 Å². The maximum absolute atomic E-state index is 13.3. The van der Waals surface area contributed by atoms with Gasteiger partial charge in [0.1, 0.15) is 11.0 Å². The van der Waals surface area contributed by atoms with Crippen LogP contribution in [0.5, 0.6) is 5.75 Å². The second-order valence-corrected chi connectivity index (χ2v) is 9.71. The molecule has 1 aromatic heterocycles. The summed E-state index contributed by atoms with van der Waals surface area (Å²) in [6.07, 6.45) is 5.85. The Morgan fingerprint density at radius 3 is 2.53 bits per heavy atom. The summed E-state index contributed by atoms with van der Waals surface area (Å²) in [7, 11) is -2.32. The molecule has 1 atom stereocenters. The third kappa shape index (κ3) is 5.88. The van der Waals surface area contributed by atoms with Crippen LogP contribution in [0, 0.1) is 0 Å². The van der Waals surface area contributed by atoms with Crippen molar-refractivity contribution in [2.24, 2.45) is 0 Å². The number of carbonyl (C=O) groups excluding carboxylic acids is 1. The van der Waals surface area contributed by atoms with Crippen molar-refractivity contribution < 1.29 is 17.9 Å². The number of nitrogens with one attached hydrogen (secondary N) is 1. The van der Waals surface area contributed by atoms with Gasteiger partial charge in [-0.15, -0.1) is 0 Å². The first-order valence-electron chi connectivity index (χ1n) is 9.50. The zero-order valence-electron chi connectivity index (χ0n) is 17.0. The van der Waals surface area contributed by atoms with E-state index in [9.17, 15) is 13.2 Å². The van der Waals surface area contributed by atoms with Gasteiger partial charge in [0.15, 0.2) is 9.84 Å². The Hall–Kier alpha value is -2.87. The minimum Gasteiger partial charge on any atom is -0.497 e. The summed E-state index contributed by atoms with van der Waals surface area (Å²) in [6, 6.07) is 14.3. The third-order valence-corrected chi connectivity index (χ3v) is 7.34. The summed E-state index contributed by atoms with van der Waals surface area (Å²) in [6.45, 7) is -0.141. The molecule has 6 nitrogen and oxygen atoms in total. The van der Waals surface area contributed by atoms with Gasteiger partial charge in [0, 0.05) is 35.1 Å². The van der Waals surface area contributed by atoms with E-state index in [1.807, 2.05) is 0 Å². The molecule has 0 aliphatic heterocycles. The van der Waals surface area contributed by atoms with Gasteiger partial charge in [-0.1, -0.05) is 35.3 Å². The molecule has 0 saturated heterocycles. The van der Waals surface area contributed by atoms with E-state index >= 15 is 0 Å². The predicted octanol–water partition coefficient (Wildman–Crippen LogP) is 4.74. The predicted molar refractivity (Wildman–Crippen MR) is 126 cm³/mol. The van der Waals surface area contributed by atoms with Crippen molar-refractivity contribution in [3.8, 4) is 5.75 Å². The molecule has 0 fully saturated rings. The van der Waals surface area contributed by atoms with Crippen molar-refractivity contribution >= 4 is 45.0 Å². The van der Waals surface area contributed by atoms with Crippen LogP contribution in [-0.4, -0.2) is 33.0 Å². The molecule has 0 spiro atoms. The van der Waals surface area contributed by atoms with Gasteiger partial charge in [-0.3, -0.25) is 9.78 Å². The van der Waals surface area contributed by atoms with Crippen LogP contribution < -0.4 is 10.1 Å². The van der Waals surface area contributed by atoms with Crippen LogP contribution in [0.3, 0.4) is 0 Å². The van der Waals surface area contributed by atoms with Gasteiger partial charge in [-0.25, -0.2) is 8.42 Å². The molecule has 0 radical (unpaired) electrons. The Kier molecular flexibility index (Phi) is 7.90. The lowest BCUT2D eigenvalue weighted by Crippen LogP contribution is -2.31. The highest BCUT2D eigenvalue weighted by atomic mass is 35.5. The molecule has 9 heteroatoms. The first-order chi connectivity index (χ1) is 15.3. The summed E-state index contributed by atoms with van der Waals surface area (Å²) >= 11 is 12.0. The molecule has 3 rings (SSSR count). The van der Waals surface area contributed by atoms with Crippen molar-refractivity contribution in [3.05, 3.63) is 94.2 Å². The van der Waals surface area contributed by atoms with Crippen molar-refractivity contribution in [1.29, 1.82) is 0 Å². The Morgan fingerprint density at radius 1 is 1.16 bits per heavy atom. The van der Waals surface area contributed by atoms with Gasteiger partial charge in [-0.2, -0.15) is 0 Å². The Labute approximate surface area is 196 Å². The number of benzene rings is 2. The fourth-order valence-corrected chi connectivity index (χ4v) is 5.07. The van der Waals surface area contributed by atoms with Crippen molar-refractivity contribution in [2.75, 3.05) is 13.7 Å². The van der Waals surface area contributed by atoms with E-state index in [1.165, 1.54) is 37.6 Å². The molecular weight excluding hydrogens is 471 g/mol. The van der Waals surface area contributed by atoms with Crippen LogP contribution in [0.1, 0.15) is 16.4 Å². The van der Waals surface area contributed by atoms with E-state index < -0.39 is 21.0 Å². The smallest absolute Gasteiger partial charge is 0.244 e. The molecule has 166 valence electrons. The number of sulfone groups is 1. The number of aromatic nitrogens is 1. The number of hydrogen-bond acceptors (Lipinski definition) is 5. The van der Waals surface area contributed by atoms with Crippen molar-refractivity contribution in [3.63, 3.8) is 0 Å². The van der Waals surface area contributed by atoms with Gasteiger partial charge in [0.2, 0.25) is 5.91 Å². The summed E-state index contributed by atoms with van der Waals surface area (Å²) in [4.78, 5) is 16.5. The normalized spacial score (nSPS) is 12.5. The topological polar surface area (TPSA) is 85.4 Å². The van der Waals surface area contributed by atoms with Crippen molar-refractivity contribution in [2.45, 2.75) is 10.1 Å². The molecule has 32 heavy (non-hydrogen) atoms. The first-order valence-corrected chi connectivity index (χ1v) is 11.8. The first kappa shape index (κ1) is 23.8. The lowest BCUT2D eigenvalue weighted by molar-refractivity contribution is -0.116. The Balaban J connectivity index is 1.80. The van der Waals surface area contributed by atoms with Gasteiger partial charge >= 0.3 is 0 Å². The van der Waals surface area contributed by atoms with Crippen LogP contribution in [0.4, 0.5) is 0 Å². The molecule has 1 heterocycles. The largest absolute Gasteiger partial charge is 0.497 e. The minimum absolute atomic E-state index is 0.116. The summed E-state index contributed by atoms with van der Waals surface area (Å²) in [5, 5.41) is 2.51. The maximum atomic E-state index is 13.3. The van der Waals surface area contributed by atoms with Crippen molar-refractivity contribution in [1.82, 2.24) is 10.3 Å². The number of nitrogens with zero attached hydrogens (tertiary/aromatic N) is 1. The van der Waals surface area contributed by atoms with Crippen LogP contribution in [-0.2, 0) is 14.6 Å². The lowest BCUT2D eigenvalue weighted by Gasteiger charge is -2.18. The zero-order valence-corrected chi connectivity index (χ0v) is 19.4. The van der Waals surface area contributed by atoms with E-state index in [1.54, 1.807) is 48.7 Å². The number of pyridine rings is 1. The summed E-state index contributed by atoms with van der Waals surface area (Å²) < 4.78 is 31.8.